The summed E-state index contributed by atoms with van der Waals surface area (Å²) in [4.78, 5) is 12.8. The van der Waals surface area contributed by atoms with Gasteiger partial charge in [-0.25, -0.2) is 0 Å². The first kappa shape index (κ1) is 24.0. The van der Waals surface area contributed by atoms with Crippen molar-refractivity contribution in [1.29, 1.82) is 0 Å². The van der Waals surface area contributed by atoms with Crippen LogP contribution in [0.1, 0.15) is 53.7 Å². The summed E-state index contributed by atoms with van der Waals surface area (Å²) >= 11 is 12.1. The number of para-hydroxylation sites is 1. The number of halogens is 2. The average molecular weight is 472 g/mol. The highest BCUT2D eigenvalue weighted by Gasteiger charge is 2.14. The molecule has 1 amide bonds. The molecule has 4 nitrogen and oxygen atoms in total. The zero-order valence-corrected chi connectivity index (χ0v) is 20.0. The van der Waals surface area contributed by atoms with Crippen LogP contribution >= 0.6 is 23.2 Å². The van der Waals surface area contributed by atoms with Crippen LogP contribution in [0.25, 0.3) is 0 Å². The SMILES string of the molecule is CCOc1ccc(C(=O)NCc2ccc(Cl)cc2Cl)cc1COc1ccccc1C(C)C. The lowest BCUT2D eigenvalue weighted by atomic mass is 10.0. The molecule has 6 heteroatoms. The number of nitrogens with one attached hydrogen (secondary N) is 1. The van der Waals surface area contributed by atoms with Gasteiger partial charge in [0.25, 0.3) is 5.91 Å². The van der Waals surface area contributed by atoms with Gasteiger partial charge in [-0.3, -0.25) is 4.79 Å². The van der Waals surface area contributed by atoms with Crippen LogP contribution in [0, 0.1) is 0 Å². The normalized spacial score (nSPS) is 10.8. The van der Waals surface area contributed by atoms with E-state index in [4.69, 9.17) is 32.7 Å². The molecule has 0 saturated carbocycles. The van der Waals surface area contributed by atoms with Crippen LogP contribution in [0.4, 0.5) is 0 Å². The summed E-state index contributed by atoms with van der Waals surface area (Å²) in [5.41, 5.74) is 3.26. The number of carbonyl (C=O) groups excluding carboxylic acids is 1. The Morgan fingerprint density at radius 1 is 0.938 bits per heavy atom. The number of benzene rings is 3. The largest absolute Gasteiger partial charge is 0.493 e. The fraction of sp³-hybridized carbons (Fsp3) is 0.269. The summed E-state index contributed by atoms with van der Waals surface area (Å²) in [5.74, 6) is 1.67. The van der Waals surface area contributed by atoms with Crippen LogP contribution in [-0.2, 0) is 13.2 Å². The van der Waals surface area contributed by atoms with Crippen molar-refractivity contribution in [2.45, 2.75) is 39.8 Å². The van der Waals surface area contributed by atoms with E-state index in [0.29, 0.717) is 47.0 Å². The van der Waals surface area contributed by atoms with Crippen LogP contribution in [-0.4, -0.2) is 12.5 Å². The molecule has 0 aliphatic rings. The van der Waals surface area contributed by atoms with Crippen LogP contribution in [0.2, 0.25) is 10.0 Å². The van der Waals surface area contributed by atoms with Crippen molar-refractivity contribution in [3.05, 3.63) is 93.0 Å². The van der Waals surface area contributed by atoms with Gasteiger partial charge in [0.05, 0.1) is 6.61 Å². The summed E-state index contributed by atoms with van der Waals surface area (Å²) in [6.07, 6.45) is 0. The Morgan fingerprint density at radius 2 is 1.72 bits per heavy atom. The lowest BCUT2D eigenvalue weighted by Crippen LogP contribution is -2.23. The van der Waals surface area contributed by atoms with Crippen molar-refractivity contribution in [2.24, 2.45) is 0 Å². The van der Waals surface area contributed by atoms with Gasteiger partial charge >= 0.3 is 0 Å². The number of hydrogen-bond donors (Lipinski definition) is 1. The van der Waals surface area contributed by atoms with E-state index in [1.54, 1.807) is 30.3 Å². The summed E-state index contributed by atoms with van der Waals surface area (Å²) in [5, 5.41) is 3.98. The number of ether oxygens (including phenoxy) is 2. The predicted octanol–water partition coefficient (Wildman–Crippen LogP) is 7.02. The second-order valence-electron chi connectivity index (χ2n) is 7.66. The molecule has 0 heterocycles. The maximum Gasteiger partial charge on any atom is 0.251 e. The molecule has 3 aromatic carbocycles. The Balaban J connectivity index is 1.75. The molecule has 0 radical (unpaired) electrons. The van der Waals surface area contributed by atoms with E-state index < -0.39 is 0 Å². The molecule has 1 N–H and O–H groups in total. The number of hydrogen-bond acceptors (Lipinski definition) is 3. The molecular weight excluding hydrogens is 445 g/mol. The van der Waals surface area contributed by atoms with Gasteiger partial charge in [0, 0.05) is 27.7 Å². The van der Waals surface area contributed by atoms with Crippen molar-refractivity contribution >= 4 is 29.1 Å². The summed E-state index contributed by atoms with van der Waals surface area (Å²) in [6, 6.07) is 18.5. The first-order valence-electron chi connectivity index (χ1n) is 10.6. The molecule has 0 aromatic heterocycles. The van der Waals surface area contributed by atoms with E-state index in [1.165, 1.54) is 0 Å². The third-order valence-corrected chi connectivity index (χ3v) is 5.59. The van der Waals surface area contributed by atoms with Gasteiger partial charge in [0.1, 0.15) is 18.1 Å². The molecule has 3 rings (SSSR count). The molecule has 168 valence electrons. The van der Waals surface area contributed by atoms with Gasteiger partial charge in [-0.1, -0.05) is 61.3 Å². The van der Waals surface area contributed by atoms with Gasteiger partial charge in [0.15, 0.2) is 0 Å². The van der Waals surface area contributed by atoms with Gasteiger partial charge in [0.2, 0.25) is 0 Å². The molecular formula is C26H27Cl2NO3. The average Bonchev–Trinajstić information content (AvgIpc) is 2.78. The third-order valence-electron chi connectivity index (χ3n) is 5.00. The maximum absolute atomic E-state index is 12.8. The van der Waals surface area contributed by atoms with E-state index >= 15 is 0 Å². The topological polar surface area (TPSA) is 47.6 Å². The minimum absolute atomic E-state index is 0.206. The highest BCUT2D eigenvalue weighted by Crippen LogP contribution is 2.28. The van der Waals surface area contributed by atoms with Crippen molar-refractivity contribution in [1.82, 2.24) is 5.32 Å². The zero-order chi connectivity index (χ0) is 23.1. The first-order chi connectivity index (χ1) is 15.4. The molecule has 0 bridgehead atoms. The highest BCUT2D eigenvalue weighted by molar-refractivity contribution is 6.35. The molecule has 0 fully saturated rings. The van der Waals surface area contributed by atoms with Crippen molar-refractivity contribution in [3.63, 3.8) is 0 Å². The van der Waals surface area contributed by atoms with Crippen molar-refractivity contribution in [2.75, 3.05) is 6.61 Å². The lowest BCUT2D eigenvalue weighted by Gasteiger charge is -2.16. The monoisotopic (exact) mass is 471 g/mol. The van der Waals surface area contributed by atoms with Gasteiger partial charge in [-0.15, -0.1) is 0 Å². The quantitative estimate of drug-likeness (QED) is 0.364. The molecule has 0 aliphatic carbocycles. The first-order valence-corrected chi connectivity index (χ1v) is 11.3. The Hall–Kier alpha value is -2.69. The van der Waals surface area contributed by atoms with Crippen molar-refractivity contribution in [3.8, 4) is 11.5 Å². The molecule has 0 spiro atoms. The molecule has 32 heavy (non-hydrogen) atoms. The van der Waals surface area contributed by atoms with E-state index in [2.05, 4.69) is 25.2 Å². The predicted molar refractivity (Wildman–Crippen MR) is 130 cm³/mol. The summed E-state index contributed by atoms with van der Waals surface area (Å²) < 4.78 is 11.9. The van der Waals surface area contributed by atoms with Gasteiger partial charge in [-0.2, -0.15) is 0 Å². The minimum atomic E-state index is -0.206. The molecule has 0 aliphatic heterocycles. The van der Waals surface area contributed by atoms with E-state index in [1.807, 2.05) is 31.2 Å². The number of carbonyl (C=O) groups is 1. The smallest absolute Gasteiger partial charge is 0.251 e. The highest BCUT2D eigenvalue weighted by atomic mass is 35.5. The Morgan fingerprint density at radius 3 is 2.44 bits per heavy atom. The van der Waals surface area contributed by atoms with Gasteiger partial charge < -0.3 is 14.8 Å². The van der Waals surface area contributed by atoms with E-state index in [0.717, 1.165) is 22.4 Å². The number of rotatable bonds is 9. The van der Waals surface area contributed by atoms with Gasteiger partial charge in [-0.05, 0) is 60.4 Å². The Labute approximate surface area is 199 Å². The third kappa shape index (κ3) is 6.18. The second kappa shape index (κ2) is 11.3. The van der Waals surface area contributed by atoms with Crippen LogP contribution < -0.4 is 14.8 Å². The van der Waals surface area contributed by atoms with E-state index in [-0.39, 0.29) is 5.91 Å². The van der Waals surface area contributed by atoms with Crippen LogP contribution in [0.3, 0.4) is 0 Å². The summed E-state index contributed by atoms with van der Waals surface area (Å²) in [6.45, 7) is 7.31. The Bertz CT molecular complexity index is 1080. The van der Waals surface area contributed by atoms with E-state index in [9.17, 15) is 4.79 Å². The fourth-order valence-electron chi connectivity index (χ4n) is 3.32. The summed E-state index contributed by atoms with van der Waals surface area (Å²) in [7, 11) is 0. The molecule has 0 atom stereocenters. The zero-order valence-electron chi connectivity index (χ0n) is 18.5. The molecule has 0 saturated heterocycles. The Kier molecular flexibility index (Phi) is 8.43. The van der Waals surface area contributed by atoms with Crippen LogP contribution in [0.5, 0.6) is 11.5 Å². The minimum Gasteiger partial charge on any atom is -0.493 e. The number of amides is 1. The lowest BCUT2D eigenvalue weighted by molar-refractivity contribution is 0.0950. The second-order valence-corrected chi connectivity index (χ2v) is 8.50. The molecule has 0 unspecified atom stereocenters. The standard InChI is InChI=1S/C26H27Cl2NO3/c1-4-31-24-12-10-18(26(30)29-15-19-9-11-21(27)14-23(19)28)13-20(24)16-32-25-8-6-5-7-22(25)17(2)3/h5-14,17H,4,15-16H2,1-3H3,(H,29,30). The maximum atomic E-state index is 12.8. The van der Waals surface area contributed by atoms with Crippen molar-refractivity contribution < 1.29 is 14.3 Å². The fourth-order valence-corrected chi connectivity index (χ4v) is 3.79. The molecule has 3 aromatic rings. The van der Waals surface area contributed by atoms with Crippen LogP contribution in [0.15, 0.2) is 60.7 Å².